The Bertz CT molecular complexity index is 488. The number of rotatable bonds is 0. The number of aliphatic hydroxyl groups is 3. The molecule has 3 nitrogen and oxygen atoms in total. The van der Waals surface area contributed by atoms with Crippen LogP contribution in [0, 0.1) is 34.0 Å². The molecule has 0 bridgehead atoms. The summed E-state index contributed by atoms with van der Waals surface area (Å²) in [5.74, 6) is 1.97. The topological polar surface area (TPSA) is 60.7 Å². The van der Waals surface area contributed by atoms with Crippen molar-refractivity contribution in [2.24, 2.45) is 34.0 Å². The largest absolute Gasteiger partial charge is 0.390 e. The van der Waals surface area contributed by atoms with Crippen molar-refractivity contribution in [1.82, 2.24) is 0 Å². The van der Waals surface area contributed by atoms with Gasteiger partial charge in [0.05, 0.1) is 16.8 Å². The monoisotopic (exact) mass is 426 g/mol. The van der Waals surface area contributed by atoms with Gasteiger partial charge in [0, 0.05) is 0 Å². The van der Waals surface area contributed by atoms with Crippen LogP contribution in [0.15, 0.2) is 0 Å². The summed E-state index contributed by atoms with van der Waals surface area (Å²) in [6.07, 6.45) is 6.38. The molecular weight excluding hydrogens is 372 g/mol. The van der Waals surface area contributed by atoms with E-state index in [0.29, 0.717) is 17.8 Å². The molecule has 3 fully saturated rings. The Labute approximate surface area is 188 Å². The van der Waals surface area contributed by atoms with Gasteiger partial charge < -0.3 is 15.3 Å². The van der Waals surface area contributed by atoms with Gasteiger partial charge in [0.1, 0.15) is 0 Å². The molecule has 3 aliphatic rings. The van der Waals surface area contributed by atoms with Crippen LogP contribution in [0.5, 0.6) is 0 Å². The Morgan fingerprint density at radius 2 is 0.600 bits per heavy atom. The van der Waals surface area contributed by atoms with Crippen LogP contribution in [-0.4, -0.2) is 32.1 Å². The Balaban J connectivity index is 0.000000225. The number of hydrogen-bond acceptors (Lipinski definition) is 3. The van der Waals surface area contributed by atoms with Crippen LogP contribution >= 0.6 is 0 Å². The average Bonchev–Trinajstić information content (AvgIpc) is 2.99. The van der Waals surface area contributed by atoms with Gasteiger partial charge in [-0.3, -0.25) is 0 Å². The minimum absolute atomic E-state index is 0.104. The van der Waals surface area contributed by atoms with E-state index in [-0.39, 0.29) is 16.2 Å². The maximum atomic E-state index is 9.89. The summed E-state index contributed by atoms with van der Waals surface area (Å²) >= 11 is 0. The van der Waals surface area contributed by atoms with E-state index in [9.17, 15) is 15.3 Å². The fourth-order valence-corrected chi connectivity index (χ4v) is 5.13. The SMILES string of the molecule is CC1CC[C@@](C)(O)C1(C)C.C[C@@H]1CC[C@@](C)(O)C1(C)C.C[C@H]1CC[C@](C)(O)C1(C)C. The van der Waals surface area contributed by atoms with E-state index in [1.807, 2.05) is 20.8 Å². The molecule has 3 N–H and O–H groups in total. The summed E-state index contributed by atoms with van der Waals surface area (Å²) in [6, 6.07) is 0. The second kappa shape index (κ2) is 8.67. The smallest absolute Gasteiger partial charge is 0.0673 e. The molecule has 3 aliphatic carbocycles. The lowest BCUT2D eigenvalue weighted by Gasteiger charge is -2.36. The van der Waals surface area contributed by atoms with Crippen molar-refractivity contribution < 1.29 is 15.3 Å². The maximum Gasteiger partial charge on any atom is 0.0673 e. The molecule has 0 aliphatic heterocycles. The zero-order valence-corrected chi connectivity index (χ0v) is 22.3. The Morgan fingerprint density at radius 1 is 0.433 bits per heavy atom. The van der Waals surface area contributed by atoms with Crippen molar-refractivity contribution in [3.05, 3.63) is 0 Å². The van der Waals surface area contributed by atoms with E-state index in [1.54, 1.807) is 0 Å². The molecule has 180 valence electrons. The molecule has 1 unspecified atom stereocenters. The molecule has 0 spiro atoms. The van der Waals surface area contributed by atoms with E-state index in [0.717, 1.165) is 19.3 Å². The molecule has 0 saturated heterocycles. The molecule has 0 aromatic heterocycles. The molecule has 0 amide bonds. The summed E-state index contributed by atoms with van der Waals surface area (Å²) in [6.45, 7) is 25.5. The highest BCUT2D eigenvalue weighted by Crippen LogP contribution is 2.51. The normalized spacial score (nSPS) is 45.9. The van der Waals surface area contributed by atoms with Gasteiger partial charge in [-0.2, -0.15) is 0 Å². The molecule has 6 atom stereocenters. The Kier molecular flexibility index (Phi) is 8.07. The lowest BCUT2D eigenvalue weighted by molar-refractivity contribution is -0.0397. The van der Waals surface area contributed by atoms with Gasteiger partial charge in [-0.25, -0.2) is 0 Å². The molecule has 30 heavy (non-hydrogen) atoms. The third-order valence-corrected chi connectivity index (χ3v) is 11.1. The summed E-state index contributed by atoms with van der Waals surface area (Å²) < 4.78 is 0. The van der Waals surface area contributed by atoms with Crippen LogP contribution in [0.1, 0.15) is 122 Å². The van der Waals surface area contributed by atoms with Crippen molar-refractivity contribution in [2.45, 2.75) is 138 Å². The minimum Gasteiger partial charge on any atom is -0.390 e. The highest BCUT2D eigenvalue weighted by atomic mass is 16.3. The Hall–Kier alpha value is -0.120. The molecule has 0 aromatic carbocycles. The van der Waals surface area contributed by atoms with Gasteiger partial charge in [0.15, 0.2) is 0 Å². The predicted molar refractivity (Wildman–Crippen MR) is 128 cm³/mol. The third-order valence-electron chi connectivity index (χ3n) is 11.1. The van der Waals surface area contributed by atoms with Crippen LogP contribution in [0.2, 0.25) is 0 Å². The van der Waals surface area contributed by atoms with Gasteiger partial charge in [-0.15, -0.1) is 0 Å². The van der Waals surface area contributed by atoms with Crippen LogP contribution in [0.3, 0.4) is 0 Å². The molecule has 0 radical (unpaired) electrons. The lowest BCUT2D eigenvalue weighted by atomic mass is 9.74. The summed E-state index contributed by atoms with van der Waals surface area (Å²) in [7, 11) is 0. The van der Waals surface area contributed by atoms with Gasteiger partial charge in [-0.1, -0.05) is 62.3 Å². The second-order valence-electron chi connectivity index (χ2n) is 13.3. The quantitative estimate of drug-likeness (QED) is 0.410. The lowest BCUT2D eigenvalue weighted by Crippen LogP contribution is -2.39. The van der Waals surface area contributed by atoms with E-state index >= 15 is 0 Å². The first-order valence-corrected chi connectivity index (χ1v) is 12.3. The van der Waals surface area contributed by atoms with Gasteiger partial charge in [0.25, 0.3) is 0 Å². The molecule has 3 rings (SSSR count). The van der Waals surface area contributed by atoms with Crippen molar-refractivity contribution in [2.75, 3.05) is 0 Å². The first kappa shape index (κ1) is 27.9. The highest BCUT2D eigenvalue weighted by molar-refractivity contribution is 5.00. The molecule has 0 aromatic rings. The highest BCUT2D eigenvalue weighted by Gasteiger charge is 2.49. The molecule has 3 saturated carbocycles. The first-order chi connectivity index (χ1) is 13.1. The van der Waals surface area contributed by atoms with E-state index in [1.165, 1.54) is 19.3 Å². The zero-order chi connectivity index (χ0) is 24.0. The zero-order valence-electron chi connectivity index (χ0n) is 22.3. The summed E-state index contributed by atoms with van der Waals surface area (Å²) in [4.78, 5) is 0. The maximum absolute atomic E-state index is 9.89. The molecule has 0 heterocycles. The average molecular weight is 427 g/mol. The van der Waals surface area contributed by atoms with Gasteiger partial charge >= 0.3 is 0 Å². The van der Waals surface area contributed by atoms with Crippen molar-refractivity contribution in [1.29, 1.82) is 0 Å². The molecular formula is C27H54O3. The first-order valence-electron chi connectivity index (χ1n) is 12.3. The summed E-state index contributed by atoms with van der Waals surface area (Å²) in [5.41, 5.74) is -1.00. The van der Waals surface area contributed by atoms with Gasteiger partial charge in [-0.05, 0) is 93.3 Å². The fourth-order valence-electron chi connectivity index (χ4n) is 5.13. The van der Waals surface area contributed by atoms with Crippen LogP contribution in [0.25, 0.3) is 0 Å². The fraction of sp³-hybridized carbons (Fsp3) is 1.00. The summed E-state index contributed by atoms with van der Waals surface area (Å²) in [5, 5.41) is 29.7. The minimum atomic E-state index is -0.438. The van der Waals surface area contributed by atoms with Crippen molar-refractivity contribution >= 4 is 0 Å². The van der Waals surface area contributed by atoms with Crippen molar-refractivity contribution in [3.63, 3.8) is 0 Å². The predicted octanol–water partition coefficient (Wildman–Crippen LogP) is 6.58. The van der Waals surface area contributed by atoms with Gasteiger partial charge in [0.2, 0.25) is 0 Å². The van der Waals surface area contributed by atoms with Crippen LogP contribution in [0.4, 0.5) is 0 Å². The van der Waals surface area contributed by atoms with E-state index < -0.39 is 16.8 Å². The van der Waals surface area contributed by atoms with E-state index in [2.05, 4.69) is 62.3 Å². The van der Waals surface area contributed by atoms with Crippen LogP contribution in [-0.2, 0) is 0 Å². The Morgan fingerprint density at radius 3 is 0.633 bits per heavy atom. The molecule has 3 heteroatoms. The van der Waals surface area contributed by atoms with Crippen molar-refractivity contribution in [3.8, 4) is 0 Å². The van der Waals surface area contributed by atoms with E-state index in [4.69, 9.17) is 0 Å². The standard InChI is InChI=1S/3C9H18O/c3*1-7-5-6-9(4,10)8(7,2)3/h3*7,10H,5-6H2,1-4H3/t7?,9-;2*7-,9-/m110/s1. The van der Waals surface area contributed by atoms with Crippen LogP contribution < -0.4 is 0 Å². The third kappa shape index (κ3) is 5.09. The second-order valence-corrected chi connectivity index (χ2v) is 13.3. The number of hydrogen-bond donors (Lipinski definition) is 3.